The Bertz CT molecular complexity index is 603. The number of primary sulfonamides is 1. The van der Waals surface area contributed by atoms with Gasteiger partial charge in [0.25, 0.3) is 10.0 Å². The molecule has 0 amide bonds. The number of nitrogens with zero attached hydrogens (tertiary/aromatic N) is 1. The first-order chi connectivity index (χ1) is 7.00. The zero-order valence-electron chi connectivity index (χ0n) is 7.80. The van der Waals surface area contributed by atoms with Gasteiger partial charge in [-0.3, -0.25) is 0 Å². The SMILES string of the molecule is COc1ccc2sc(S(N)(=O)=O)nc2c1. The van der Waals surface area contributed by atoms with Crippen LogP contribution >= 0.6 is 11.3 Å². The van der Waals surface area contributed by atoms with Crippen LogP contribution in [0.2, 0.25) is 0 Å². The molecule has 2 aromatic rings. The van der Waals surface area contributed by atoms with Crippen LogP contribution in [-0.4, -0.2) is 20.5 Å². The summed E-state index contributed by atoms with van der Waals surface area (Å²) in [5.74, 6) is 0.633. The van der Waals surface area contributed by atoms with Gasteiger partial charge in [0.05, 0.1) is 17.3 Å². The molecule has 2 N–H and O–H groups in total. The van der Waals surface area contributed by atoms with E-state index in [1.165, 1.54) is 7.11 Å². The Kier molecular flexibility index (Phi) is 2.37. The molecule has 7 heteroatoms. The molecule has 1 aromatic carbocycles. The Hall–Kier alpha value is -1.18. The molecule has 15 heavy (non-hydrogen) atoms. The largest absolute Gasteiger partial charge is 0.497 e. The van der Waals surface area contributed by atoms with Crippen LogP contribution in [0, 0.1) is 0 Å². The lowest BCUT2D eigenvalue weighted by molar-refractivity contribution is 0.415. The third kappa shape index (κ3) is 1.94. The Labute approximate surface area is 90.6 Å². The molecule has 0 aliphatic rings. The number of hydrogen-bond acceptors (Lipinski definition) is 5. The molecule has 0 fully saturated rings. The van der Waals surface area contributed by atoms with E-state index in [1.807, 2.05) is 0 Å². The monoisotopic (exact) mass is 244 g/mol. The summed E-state index contributed by atoms with van der Waals surface area (Å²) in [4.78, 5) is 3.92. The van der Waals surface area contributed by atoms with Crippen molar-refractivity contribution >= 4 is 31.6 Å². The van der Waals surface area contributed by atoms with Gasteiger partial charge in [0.15, 0.2) is 0 Å². The zero-order chi connectivity index (χ0) is 11.1. The second-order valence-corrected chi connectivity index (χ2v) is 5.62. The number of aromatic nitrogens is 1. The van der Waals surface area contributed by atoms with Gasteiger partial charge >= 0.3 is 0 Å². The van der Waals surface area contributed by atoms with Crippen LogP contribution in [0.4, 0.5) is 0 Å². The molecule has 0 unspecified atom stereocenters. The summed E-state index contributed by atoms with van der Waals surface area (Å²) in [5, 5.41) is 4.98. The molecule has 0 radical (unpaired) electrons. The molecule has 0 spiro atoms. The lowest BCUT2D eigenvalue weighted by Gasteiger charge is -1.96. The Morgan fingerprint density at radius 1 is 1.47 bits per heavy atom. The highest BCUT2D eigenvalue weighted by atomic mass is 32.2. The number of benzene rings is 1. The Balaban J connectivity index is 2.66. The van der Waals surface area contributed by atoms with E-state index in [0.717, 1.165) is 16.0 Å². The number of thiazole rings is 1. The van der Waals surface area contributed by atoms with Crippen molar-refractivity contribution in [2.75, 3.05) is 7.11 Å². The number of rotatable bonds is 2. The van der Waals surface area contributed by atoms with Crippen molar-refractivity contribution in [3.8, 4) is 5.75 Å². The van der Waals surface area contributed by atoms with E-state index in [2.05, 4.69) is 4.98 Å². The lowest BCUT2D eigenvalue weighted by Crippen LogP contribution is -2.11. The van der Waals surface area contributed by atoms with Gasteiger partial charge in [-0.2, -0.15) is 0 Å². The predicted octanol–water partition coefficient (Wildman–Crippen LogP) is 0.952. The van der Waals surface area contributed by atoms with Gasteiger partial charge in [0, 0.05) is 6.07 Å². The fraction of sp³-hybridized carbons (Fsp3) is 0.125. The van der Waals surface area contributed by atoms with E-state index < -0.39 is 10.0 Å². The molecule has 5 nitrogen and oxygen atoms in total. The molecule has 0 aliphatic heterocycles. The van der Waals surface area contributed by atoms with Gasteiger partial charge in [-0.1, -0.05) is 0 Å². The topological polar surface area (TPSA) is 82.3 Å². The maximum absolute atomic E-state index is 11.1. The molecule has 0 aliphatic carbocycles. The molecule has 80 valence electrons. The van der Waals surface area contributed by atoms with Crippen molar-refractivity contribution in [3.63, 3.8) is 0 Å². The van der Waals surface area contributed by atoms with Crippen molar-refractivity contribution in [2.24, 2.45) is 5.14 Å². The first kappa shape index (κ1) is 10.3. The predicted molar refractivity (Wildman–Crippen MR) is 57.5 cm³/mol. The summed E-state index contributed by atoms with van der Waals surface area (Å²) < 4.78 is 27.8. The number of fused-ring (bicyclic) bond motifs is 1. The van der Waals surface area contributed by atoms with Gasteiger partial charge < -0.3 is 4.74 Å². The van der Waals surface area contributed by atoms with Crippen LogP contribution in [0.25, 0.3) is 10.2 Å². The molecule has 1 heterocycles. The Morgan fingerprint density at radius 3 is 2.80 bits per heavy atom. The number of methoxy groups -OCH3 is 1. The van der Waals surface area contributed by atoms with Crippen molar-refractivity contribution < 1.29 is 13.2 Å². The van der Waals surface area contributed by atoms with Gasteiger partial charge in [0.1, 0.15) is 5.75 Å². The van der Waals surface area contributed by atoms with Gasteiger partial charge in [-0.05, 0) is 12.1 Å². The van der Waals surface area contributed by atoms with Crippen LogP contribution in [0.5, 0.6) is 5.75 Å². The average Bonchev–Trinajstić information content (AvgIpc) is 2.59. The van der Waals surface area contributed by atoms with Gasteiger partial charge in [-0.25, -0.2) is 18.5 Å². The first-order valence-electron chi connectivity index (χ1n) is 3.98. The quantitative estimate of drug-likeness (QED) is 0.852. The highest BCUT2D eigenvalue weighted by Gasteiger charge is 2.14. The van der Waals surface area contributed by atoms with Crippen molar-refractivity contribution in [3.05, 3.63) is 18.2 Å². The van der Waals surface area contributed by atoms with E-state index in [0.29, 0.717) is 11.3 Å². The molecule has 0 saturated carbocycles. The standard InChI is InChI=1S/C8H8N2O3S2/c1-13-5-2-3-7-6(4-5)10-8(14-7)15(9,11)12/h2-4H,1H3,(H2,9,11,12). The van der Waals surface area contributed by atoms with E-state index in [9.17, 15) is 8.42 Å². The number of ether oxygens (including phenoxy) is 1. The van der Waals surface area contributed by atoms with Crippen molar-refractivity contribution in [1.29, 1.82) is 0 Å². The molecule has 0 saturated heterocycles. The summed E-state index contributed by atoms with van der Waals surface area (Å²) in [7, 11) is -2.18. The van der Waals surface area contributed by atoms with Crippen molar-refractivity contribution in [1.82, 2.24) is 4.98 Å². The number of sulfonamides is 1. The second kappa shape index (κ2) is 3.44. The van der Waals surface area contributed by atoms with E-state index in [1.54, 1.807) is 18.2 Å². The fourth-order valence-electron chi connectivity index (χ4n) is 1.13. The Morgan fingerprint density at radius 2 is 2.20 bits per heavy atom. The summed E-state index contributed by atoms with van der Waals surface area (Å²) >= 11 is 1.04. The molecule has 2 rings (SSSR count). The summed E-state index contributed by atoms with van der Waals surface area (Å²) in [6.45, 7) is 0. The molecule has 0 bridgehead atoms. The average molecular weight is 244 g/mol. The second-order valence-electron chi connectivity index (χ2n) is 2.86. The molecular formula is C8H8N2O3S2. The van der Waals surface area contributed by atoms with Crippen molar-refractivity contribution in [2.45, 2.75) is 4.34 Å². The van der Waals surface area contributed by atoms with Crippen LogP contribution < -0.4 is 9.88 Å². The molecule has 1 aromatic heterocycles. The summed E-state index contributed by atoms with van der Waals surface area (Å²) in [6.07, 6.45) is 0. The lowest BCUT2D eigenvalue weighted by atomic mass is 10.3. The van der Waals surface area contributed by atoms with Gasteiger partial charge in [0.2, 0.25) is 4.34 Å². The minimum absolute atomic E-state index is 0.0780. The first-order valence-corrected chi connectivity index (χ1v) is 6.34. The molecular weight excluding hydrogens is 236 g/mol. The summed E-state index contributed by atoms with van der Waals surface area (Å²) in [5.41, 5.74) is 0.573. The smallest absolute Gasteiger partial charge is 0.265 e. The van der Waals surface area contributed by atoms with Gasteiger partial charge in [-0.15, -0.1) is 11.3 Å². The van der Waals surface area contributed by atoms with Crippen LogP contribution in [0.1, 0.15) is 0 Å². The number of nitrogens with two attached hydrogens (primary N) is 1. The summed E-state index contributed by atoms with van der Waals surface area (Å²) in [6, 6.07) is 5.16. The highest BCUT2D eigenvalue weighted by molar-refractivity contribution is 7.91. The van der Waals surface area contributed by atoms with Crippen LogP contribution in [0.3, 0.4) is 0 Å². The van der Waals surface area contributed by atoms with E-state index >= 15 is 0 Å². The zero-order valence-corrected chi connectivity index (χ0v) is 9.43. The third-order valence-electron chi connectivity index (χ3n) is 1.82. The normalized spacial score (nSPS) is 11.9. The maximum atomic E-state index is 11.1. The number of hydrogen-bond donors (Lipinski definition) is 1. The highest BCUT2D eigenvalue weighted by Crippen LogP contribution is 2.27. The van der Waals surface area contributed by atoms with E-state index in [-0.39, 0.29) is 4.34 Å². The fourth-order valence-corrected chi connectivity index (χ4v) is 2.77. The maximum Gasteiger partial charge on any atom is 0.265 e. The van der Waals surface area contributed by atoms with E-state index in [4.69, 9.17) is 9.88 Å². The minimum atomic E-state index is -3.72. The third-order valence-corrected chi connectivity index (χ3v) is 4.17. The van der Waals surface area contributed by atoms with Crippen LogP contribution in [0.15, 0.2) is 22.5 Å². The van der Waals surface area contributed by atoms with Crippen LogP contribution in [-0.2, 0) is 10.0 Å². The minimum Gasteiger partial charge on any atom is -0.497 e. The molecule has 0 atom stereocenters.